The molecule has 2 aliphatic heterocycles. The third kappa shape index (κ3) is 2.77. The van der Waals surface area contributed by atoms with E-state index in [2.05, 4.69) is 27.6 Å². The molecule has 1 aliphatic carbocycles. The Labute approximate surface area is 131 Å². The Morgan fingerprint density at radius 2 is 2.09 bits per heavy atom. The van der Waals surface area contributed by atoms with Crippen LogP contribution in [0.1, 0.15) is 35.8 Å². The molecule has 1 aromatic heterocycles. The summed E-state index contributed by atoms with van der Waals surface area (Å²) in [5.74, 6) is 1.57. The second-order valence-electron chi connectivity index (χ2n) is 6.98. The summed E-state index contributed by atoms with van der Waals surface area (Å²) in [5.41, 5.74) is 1.71. The number of hydrogen-bond acceptors (Lipinski definition) is 4. The van der Waals surface area contributed by atoms with Gasteiger partial charge in [0.25, 0.3) is 5.91 Å². The maximum atomic E-state index is 12.4. The van der Waals surface area contributed by atoms with E-state index < -0.39 is 0 Å². The summed E-state index contributed by atoms with van der Waals surface area (Å²) in [6.45, 7) is 8.27. The lowest BCUT2D eigenvalue weighted by Crippen LogP contribution is -2.29. The molecule has 120 valence electrons. The first-order valence-corrected chi connectivity index (χ1v) is 8.53. The van der Waals surface area contributed by atoms with Gasteiger partial charge >= 0.3 is 0 Å². The number of rotatable bonds is 5. The fourth-order valence-electron chi connectivity index (χ4n) is 3.74. The Bertz CT molecular complexity index is 553. The summed E-state index contributed by atoms with van der Waals surface area (Å²) in [7, 11) is 0. The first-order chi connectivity index (χ1) is 10.7. The molecule has 3 aliphatic rings. The van der Waals surface area contributed by atoms with Crippen LogP contribution in [-0.2, 0) is 13.1 Å². The molecule has 1 aromatic rings. The third-order valence-corrected chi connectivity index (χ3v) is 5.15. The maximum absolute atomic E-state index is 12.4. The van der Waals surface area contributed by atoms with Crippen LogP contribution in [-0.4, -0.2) is 52.8 Å². The first kappa shape index (κ1) is 14.2. The number of amides is 1. The number of nitrogens with zero attached hydrogens (tertiary/aromatic N) is 3. The number of aromatic nitrogens is 2. The van der Waals surface area contributed by atoms with Gasteiger partial charge in [0.2, 0.25) is 0 Å². The van der Waals surface area contributed by atoms with E-state index in [-0.39, 0.29) is 5.91 Å². The number of likely N-dealkylation sites (tertiary alicyclic amines) is 1. The van der Waals surface area contributed by atoms with E-state index in [1.165, 1.54) is 0 Å². The third-order valence-electron chi connectivity index (χ3n) is 5.15. The van der Waals surface area contributed by atoms with E-state index in [0.717, 1.165) is 69.5 Å². The van der Waals surface area contributed by atoms with Gasteiger partial charge in [-0.1, -0.05) is 0 Å². The second kappa shape index (κ2) is 5.66. The Kier molecular flexibility index (Phi) is 3.66. The van der Waals surface area contributed by atoms with Crippen molar-refractivity contribution in [3.63, 3.8) is 0 Å². The van der Waals surface area contributed by atoms with Gasteiger partial charge in [0.15, 0.2) is 5.69 Å². The molecule has 2 atom stereocenters. The molecule has 2 unspecified atom stereocenters. The Balaban J connectivity index is 1.47. The zero-order valence-electron chi connectivity index (χ0n) is 13.2. The molecular weight excluding hydrogens is 278 g/mol. The van der Waals surface area contributed by atoms with Crippen LogP contribution in [0.3, 0.4) is 0 Å². The van der Waals surface area contributed by atoms with Gasteiger partial charge in [0, 0.05) is 44.0 Å². The maximum Gasteiger partial charge on any atom is 0.272 e. The largest absolute Gasteiger partial charge is 0.348 e. The average Bonchev–Trinajstić information content (AvgIpc) is 2.91. The molecule has 3 heterocycles. The second-order valence-corrected chi connectivity index (χ2v) is 6.98. The zero-order chi connectivity index (χ0) is 15.1. The van der Waals surface area contributed by atoms with E-state index in [1.807, 2.05) is 10.9 Å². The van der Waals surface area contributed by atoms with Crippen molar-refractivity contribution >= 4 is 5.91 Å². The predicted molar refractivity (Wildman–Crippen MR) is 83.5 cm³/mol. The normalized spacial score (nSPS) is 28.0. The fourth-order valence-corrected chi connectivity index (χ4v) is 3.74. The molecule has 6 heteroatoms. The average molecular weight is 303 g/mol. The Hall–Kier alpha value is -1.40. The highest BCUT2D eigenvalue weighted by atomic mass is 16.2. The van der Waals surface area contributed by atoms with Crippen LogP contribution in [0.4, 0.5) is 0 Å². The molecule has 4 rings (SSSR count). The predicted octanol–water partition coefficient (Wildman–Crippen LogP) is 0.446. The molecule has 1 amide bonds. The SMILES string of the molecule is CCn1cc(CN2CC3CNCC3C2)c(C(=O)NC2CC2)n1. The van der Waals surface area contributed by atoms with Crippen LogP contribution in [0, 0.1) is 11.8 Å². The highest BCUT2D eigenvalue weighted by Gasteiger charge is 2.36. The van der Waals surface area contributed by atoms with E-state index in [0.29, 0.717) is 11.7 Å². The van der Waals surface area contributed by atoms with Crippen molar-refractivity contribution < 1.29 is 4.79 Å². The first-order valence-electron chi connectivity index (χ1n) is 8.53. The van der Waals surface area contributed by atoms with Crippen molar-refractivity contribution in [3.8, 4) is 0 Å². The monoisotopic (exact) mass is 303 g/mol. The molecule has 0 spiro atoms. The van der Waals surface area contributed by atoms with E-state index in [4.69, 9.17) is 0 Å². The van der Waals surface area contributed by atoms with Crippen molar-refractivity contribution in [1.29, 1.82) is 0 Å². The molecule has 2 N–H and O–H groups in total. The molecule has 3 fully saturated rings. The molecular formula is C16H25N5O. The number of nitrogens with one attached hydrogen (secondary N) is 2. The van der Waals surface area contributed by atoms with Crippen molar-refractivity contribution in [2.75, 3.05) is 26.2 Å². The topological polar surface area (TPSA) is 62.2 Å². The highest BCUT2D eigenvalue weighted by Crippen LogP contribution is 2.28. The minimum Gasteiger partial charge on any atom is -0.348 e. The number of hydrogen-bond donors (Lipinski definition) is 2. The lowest BCUT2D eigenvalue weighted by molar-refractivity contribution is 0.0943. The van der Waals surface area contributed by atoms with Gasteiger partial charge in [-0.15, -0.1) is 0 Å². The molecule has 22 heavy (non-hydrogen) atoms. The van der Waals surface area contributed by atoms with Crippen LogP contribution < -0.4 is 10.6 Å². The molecule has 0 aromatic carbocycles. The lowest BCUT2D eigenvalue weighted by Gasteiger charge is -2.16. The molecule has 6 nitrogen and oxygen atoms in total. The van der Waals surface area contributed by atoms with Crippen LogP contribution in [0.2, 0.25) is 0 Å². The van der Waals surface area contributed by atoms with Crippen molar-refractivity contribution in [2.24, 2.45) is 11.8 Å². The van der Waals surface area contributed by atoms with Gasteiger partial charge in [0.05, 0.1) is 0 Å². The van der Waals surface area contributed by atoms with Gasteiger partial charge in [-0.05, 0) is 44.7 Å². The highest BCUT2D eigenvalue weighted by molar-refractivity contribution is 5.94. The molecule has 1 saturated carbocycles. The quantitative estimate of drug-likeness (QED) is 0.829. The van der Waals surface area contributed by atoms with E-state index in [1.54, 1.807) is 0 Å². The summed E-state index contributed by atoms with van der Waals surface area (Å²) < 4.78 is 1.88. The van der Waals surface area contributed by atoms with Crippen LogP contribution in [0.15, 0.2) is 6.20 Å². The van der Waals surface area contributed by atoms with Gasteiger partial charge in [-0.3, -0.25) is 14.4 Å². The minimum atomic E-state index is 0.00533. The standard InChI is InChI=1S/C16H25N5O/c1-2-21-10-13(15(19-21)16(22)18-14-3-4-14)9-20-7-11-5-17-6-12(11)8-20/h10-12,14,17H,2-9H2,1H3,(H,18,22). The van der Waals surface area contributed by atoms with Gasteiger partial charge in [0.1, 0.15) is 0 Å². The van der Waals surface area contributed by atoms with Gasteiger partial charge < -0.3 is 10.6 Å². The Morgan fingerprint density at radius 1 is 1.36 bits per heavy atom. The molecule has 0 bridgehead atoms. The smallest absolute Gasteiger partial charge is 0.272 e. The summed E-state index contributed by atoms with van der Waals surface area (Å²) in [4.78, 5) is 14.9. The van der Waals surface area contributed by atoms with Crippen LogP contribution >= 0.6 is 0 Å². The number of carbonyl (C=O) groups is 1. The molecule has 0 radical (unpaired) electrons. The van der Waals surface area contributed by atoms with E-state index in [9.17, 15) is 4.79 Å². The van der Waals surface area contributed by atoms with Crippen molar-refractivity contribution in [3.05, 3.63) is 17.5 Å². The number of aryl methyl sites for hydroxylation is 1. The van der Waals surface area contributed by atoms with Crippen molar-refractivity contribution in [1.82, 2.24) is 25.3 Å². The lowest BCUT2D eigenvalue weighted by atomic mass is 10.0. The van der Waals surface area contributed by atoms with Gasteiger partial charge in [-0.25, -0.2) is 0 Å². The Morgan fingerprint density at radius 3 is 2.73 bits per heavy atom. The fraction of sp³-hybridized carbons (Fsp3) is 0.750. The van der Waals surface area contributed by atoms with Crippen LogP contribution in [0.5, 0.6) is 0 Å². The van der Waals surface area contributed by atoms with Gasteiger partial charge in [-0.2, -0.15) is 5.10 Å². The minimum absolute atomic E-state index is 0.00533. The summed E-state index contributed by atoms with van der Waals surface area (Å²) in [6, 6.07) is 0.379. The number of fused-ring (bicyclic) bond motifs is 1. The van der Waals surface area contributed by atoms with Crippen LogP contribution in [0.25, 0.3) is 0 Å². The van der Waals surface area contributed by atoms with Crippen molar-refractivity contribution in [2.45, 2.75) is 38.9 Å². The van der Waals surface area contributed by atoms with E-state index >= 15 is 0 Å². The summed E-state index contributed by atoms with van der Waals surface area (Å²) in [6.07, 6.45) is 4.27. The number of carbonyl (C=O) groups excluding carboxylic acids is 1. The summed E-state index contributed by atoms with van der Waals surface area (Å²) in [5, 5.41) is 11.0. The summed E-state index contributed by atoms with van der Waals surface area (Å²) >= 11 is 0. The zero-order valence-corrected chi connectivity index (χ0v) is 13.2. The molecule has 2 saturated heterocycles.